The molecule has 1 heterocycles. The Kier molecular flexibility index (Phi) is 2.44. The SMILES string of the molecule is Nc1n[nH]nc1CNC1CCCC1. The normalized spacial score (nSPS) is 18.2. The average Bonchev–Trinajstić information content (AvgIpc) is 2.72. The molecule has 1 fully saturated rings. The van der Waals surface area contributed by atoms with Gasteiger partial charge in [-0.2, -0.15) is 10.3 Å². The third-order valence-corrected chi connectivity index (χ3v) is 2.56. The van der Waals surface area contributed by atoms with Crippen molar-refractivity contribution in [3.8, 4) is 0 Å². The summed E-state index contributed by atoms with van der Waals surface area (Å²) in [5.74, 6) is 0.505. The summed E-state index contributed by atoms with van der Waals surface area (Å²) in [5, 5.41) is 13.6. The lowest BCUT2D eigenvalue weighted by atomic mass is 10.2. The lowest BCUT2D eigenvalue weighted by molar-refractivity contribution is 0.519. The van der Waals surface area contributed by atoms with E-state index in [4.69, 9.17) is 5.73 Å². The van der Waals surface area contributed by atoms with Crippen LogP contribution < -0.4 is 11.1 Å². The highest BCUT2D eigenvalue weighted by Crippen LogP contribution is 2.18. The minimum atomic E-state index is 0.505. The van der Waals surface area contributed by atoms with Crippen molar-refractivity contribution in [3.05, 3.63) is 5.69 Å². The van der Waals surface area contributed by atoms with Crippen LogP contribution in [0.2, 0.25) is 0 Å². The topological polar surface area (TPSA) is 79.6 Å². The second kappa shape index (κ2) is 3.74. The van der Waals surface area contributed by atoms with Gasteiger partial charge < -0.3 is 11.1 Å². The highest BCUT2D eigenvalue weighted by atomic mass is 15.4. The minimum Gasteiger partial charge on any atom is -0.381 e. The van der Waals surface area contributed by atoms with E-state index in [9.17, 15) is 0 Å². The molecule has 2 rings (SSSR count). The maximum atomic E-state index is 5.58. The summed E-state index contributed by atoms with van der Waals surface area (Å²) >= 11 is 0. The van der Waals surface area contributed by atoms with E-state index in [1.54, 1.807) is 0 Å². The Labute approximate surface area is 77.1 Å². The van der Waals surface area contributed by atoms with Gasteiger partial charge >= 0.3 is 0 Å². The van der Waals surface area contributed by atoms with E-state index in [-0.39, 0.29) is 0 Å². The van der Waals surface area contributed by atoms with Crippen LogP contribution in [-0.4, -0.2) is 21.5 Å². The Hall–Kier alpha value is -1.10. The van der Waals surface area contributed by atoms with Crippen LogP contribution in [0.25, 0.3) is 0 Å². The van der Waals surface area contributed by atoms with Crippen LogP contribution in [0.15, 0.2) is 0 Å². The molecular formula is C8H15N5. The van der Waals surface area contributed by atoms with E-state index in [2.05, 4.69) is 20.7 Å². The fraction of sp³-hybridized carbons (Fsp3) is 0.750. The fourth-order valence-corrected chi connectivity index (χ4v) is 1.76. The summed E-state index contributed by atoms with van der Waals surface area (Å²) in [7, 11) is 0. The van der Waals surface area contributed by atoms with Crippen LogP contribution in [0.4, 0.5) is 5.82 Å². The Morgan fingerprint density at radius 1 is 1.38 bits per heavy atom. The number of hydrogen-bond acceptors (Lipinski definition) is 4. The molecular weight excluding hydrogens is 166 g/mol. The van der Waals surface area contributed by atoms with Crippen molar-refractivity contribution < 1.29 is 0 Å². The van der Waals surface area contributed by atoms with Gasteiger partial charge in [-0.25, -0.2) is 0 Å². The number of aromatic amines is 1. The first-order valence-corrected chi connectivity index (χ1v) is 4.75. The molecule has 72 valence electrons. The molecule has 1 saturated carbocycles. The lowest BCUT2D eigenvalue weighted by Crippen LogP contribution is -2.25. The molecule has 0 saturated heterocycles. The number of nitrogens with zero attached hydrogens (tertiary/aromatic N) is 2. The van der Waals surface area contributed by atoms with Crippen LogP contribution in [0.1, 0.15) is 31.4 Å². The number of anilines is 1. The first-order valence-electron chi connectivity index (χ1n) is 4.75. The lowest BCUT2D eigenvalue weighted by Gasteiger charge is -2.09. The van der Waals surface area contributed by atoms with Gasteiger partial charge in [-0.3, -0.25) is 0 Å². The fourth-order valence-electron chi connectivity index (χ4n) is 1.76. The molecule has 5 nitrogen and oxygen atoms in total. The summed E-state index contributed by atoms with van der Waals surface area (Å²) in [6.45, 7) is 0.729. The molecule has 4 N–H and O–H groups in total. The molecule has 5 heteroatoms. The van der Waals surface area contributed by atoms with Crippen LogP contribution in [-0.2, 0) is 6.54 Å². The van der Waals surface area contributed by atoms with Crippen LogP contribution >= 0.6 is 0 Å². The Bertz CT molecular complexity index is 263. The first kappa shape index (κ1) is 8.50. The standard InChI is InChI=1S/C8H15N5/c9-8-7(11-13-12-8)5-10-6-3-1-2-4-6/h6,10H,1-5H2,(H3,9,11,12,13). The molecule has 0 unspecified atom stereocenters. The van der Waals surface area contributed by atoms with Gasteiger partial charge in [-0.1, -0.05) is 12.8 Å². The van der Waals surface area contributed by atoms with Gasteiger partial charge in [-0.05, 0) is 12.8 Å². The molecule has 0 spiro atoms. The number of hydrogen-bond donors (Lipinski definition) is 3. The van der Waals surface area contributed by atoms with Crippen molar-refractivity contribution in [1.82, 2.24) is 20.7 Å². The van der Waals surface area contributed by atoms with Crippen molar-refractivity contribution in [2.75, 3.05) is 5.73 Å². The maximum Gasteiger partial charge on any atom is 0.170 e. The molecule has 1 aliphatic carbocycles. The molecule has 0 aliphatic heterocycles. The van der Waals surface area contributed by atoms with Gasteiger partial charge in [0.1, 0.15) is 5.69 Å². The van der Waals surface area contributed by atoms with Gasteiger partial charge in [-0.15, -0.1) is 5.10 Å². The Morgan fingerprint density at radius 2 is 2.15 bits per heavy atom. The zero-order valence-electron chi connectivity index (χ0n) is 7.58. The second-order valence-corrected chi connectivity index (χ2v) is 3.52. The van der Waals surface area contributed by atoms with Crippen LogP contribution in [0.5, 0.6) is 0 Å². The maximum absolute atomic E-state index is 5.58. The second-order valence-electron chi connectivity index (χ2n) is 3.52. The Balaban J connectivity index is 1.82. The molecule has 13 heavy (non-hydrogen) atoms. The number of nitrogens with one attached hydrogen (secondary N) is 2. The van der Waals surface area contributed by atoms with Crippen molar-refractivity contribution >= 4 is 5.82 Å². The third-order valence-electron chi connectivity index (χ3n) is 2.56. The van der Waals surface area contributed by atoms with E-state index >= 15 is 0 Å². The number of nitrogen functional groups attached to an aromatic ring is 1. The zero-order chi connectivity index (χ0) is 9.10. The van der Waals surface area contributed by atoms with E-state index in [1.165, 1.54) is 25.7 Å². The monoisotopic (exact) mass is 181 g/mol. The smallest absolute Gasteiger partial charge is 0.170 e. The average molecular weight is 181 g/mol. The highest BCUT2D eigenvalue weighted by Gasteiger charge is 2.14. The zero-order valence-corrected chi connectivity index (χ0v) is 7.58. The minimum absolute atomic E-state index is 0.505. The summed E-state index contributed by atoms with van der Waals surface area (Å²) in [4.78, 5) is 0. The van der Waals surface area contributed by atoms with E-state index in [1.807, 2.05) is 0 Å². The summed E-state index contributed by atoms with van der Waals surface area (Å²) in [6.07, 6.45) is 5.23. The number of nitrogens with two attached hydrogens (primary N) is 1. The number of rotatable bonds is 3. The molecule has 0 aromatic carbocycles. The summed E-state index contributed by atoms with van der Waals surface area (Å²) in [6, 6.07) is 0.649. The van der Waals surface area contributed by atoms with Crippen molar-refractivity contribution in [2.45, 2.75) is 38.3 Å². The van der Waals surface area contributed by atoms with Crippen molar-refractivity contribution in [1.29, 1.82) is 0 Å². The van der Waals surface area contributed by atoms with Gasteiger partial charge in [0, 0.05) is 12.6 Å². The molecule has 0 atom stereocenters. The number of aromatic nitrogens is 3. The van der Waals surface area contributed by atoms with E-state index < -0.39 is 0 Å². The van der Waals surface area contributed by atoms with Gasteiger partial charge in [0.25, 0.3) is 0 Å². The quantitative estimate of drug-likeness (QED) is 0.631. The third kappa shape index (κ3) is 1.98. The van der Waals surface area contributed by atoms with Crippen LogP contribution in [0.3, 0.4) is 0 Å². The van der Waals surface area contributed by atoms with Gasteiger partial charge in [0.05, 0.1) is 0 Å². The molecule has 1 aromatic heterocycles. The highest BCUT2D eigenvalue weighted by molar-refractivity contribution is 5.31. The molecule has 0 amide bonds. The summed E-state index contributed by atoms with van der Waals surface area (Å²) < 4.78 is 0. The van der Waals surface area contributed by atoms with Crippen molar-refractivity contribution in [3.63, 3.8) is 0 Å². The van der Waals surface area contributed by atoms with Gasteiger partial charge in [0.2, 0.25) is 0 Å². The Morgan fingerprint density at radius 3 is 2.77 bits per heavy atom. The summed E-state index contributed by atoms with van der Waals surface area (Å²) in [5.41, 5.74) is 6.41. The van der Waals surface area contributed by atoms with Crippen molar-refractivity contribution in [2.24, 2.45) is 0 Å². The first-order chi connectivity index (χ1) is 6.36. The van der Waals surface area contributed by atoms with Gasteiger partial charge in [0.15, 0.2) is 5.82 Å². The number of H-pyrrole nitrogens is 1. The molecule has 1 aromatic rings. The van der Waals surface area contributed by atoms with Crippen LogP contribution in [0, 0.1) is 0 Å². The molecule has 0 radical (unpaired) electrons. The molecule has 1 aliphatic rings. The largest absolute Gasteiger partial charge is 0.381 e. The predicted octanol–water partition coefficient (Wildman–Crippen LogP) is 0.419. The van der Waals surface area contributed by atoms with E-state index in [0.717, 1.165) is 12.2 Å². The van der Waals surface area contributed by atoms with E-state index in [0.29, 0.717) is 11.9 Å². The molecule has 0 bridgehead atoms. The predicted molar refractivity (Wildman–Crippen MR) is 49.9 cm³/mol.